The van der Waals surface area contributed by atoms with Crippen LogP contribution in [0.5, 0.6) is 0 Å². The Kier molecular flexibility index (Phi) is 2.66. The lowest BCUT2D eigenvalue weighted by atomic mass is 9.70. The molecule has 2 heterocycles. The minimum atomic E-state index is 0.592. The highest BCUT2D eigenvalue weighted by Crippen LogP contribution is 2.42. The summed E-state index contributed by atoms with van der Waals surface area (Å²) >= 11 is 0. The predicted molar refractivity (Wildman–Crippen MR) is 74.4 cm³/mol. The molecule has 2 N–H and O–H groups in total. The van der Waals surface area contributed by atoms with E-state index in [2.05, 4.69) is 28.9 Å². The first-order chi connectivity index (χ1) is 8.93. The largest absolute Gasteiger partial charge is 0.310 e. The first-order valence-corrected chi connectivity index (χ1v) is 7.50. The summed E-state index contributed by atoms with van der Waals surface area (Å²) in [5.74, 6) is 0.783. The Morgan fingerprint density at radius 1 is 1.11 bits per heavy atom. The molecule has 2 aliphatic heterocycles. The van der Waals surface area contributed by atoms with Gasteiger partial charge in [-0.2, -0.15) is 0 Å². The lowest BCUT2D eigenvalue weighted by molar-refractivity contribution is 0.343. The second kappa shape index (κ2) is 4.36. The minimum Gasteiger partial charge on any atom is -0.310 e. The van der Waals surface area contributed by atoms with Gasteiger partial charge in [-0.15, -0.1) is 0 Å². The van der Waals surface area contributed by atoms with Crippen molar-refractivity contribution in [2.45, 2.75) is 44.2 Å². The van der Waals surface area contributed by atoms with Crippen molar-refractivity contribution in [1.82, 2.24) is 10.6 Å². The predicted octanol–water partition coefficient (Wildman–Crippen LogP) is 2.30. The lowest BCUT2D eigenvalue weighted by Gasteiger charge is -2.44. The fourth-order valence-electron chi connectivity index (χ4n) is 4.24. The SMILES string of the molecule is C1=CCC2NCC3CCC4NCCCC4=C3C2=C1. The summed E-state index contributed by atoms with van der Waals surface area (Å²) in [4.78, 5) is 0. The number of hydrogen-bond donors (Lipinski definition) is 2. The van der Waals surface area contributed by atoms with Gasteiger partial charge in [-0.25, -0.2) is 0 Å². The standard InChI is InChI=1S/C16H22N2/c1-2-6-14-12(4-1)16-11(10-18-14)7-8-15-13(16)5-3-9-17-15/h1-2,4,11,14-15,17-18H,3,5-10H2. The molecule has 18 heavy (non-hydrogen) atoms. The zero-order valence-corrected chi connectivity index (χ0v) is 10.9. The quantitative estimate of drug-likeness (QED) is 0.681. The van der Waals surface area contributed by atoms with E-state index in [4.69, 9.17) is 0 Å². The van der Waals surface area contributed by atoms with Gasteiger partial charge in [-0.3, -0.25) is 0 Å². The van der Waals surface area contributed by atoms with Crippen LogP contribution in [0, 0.1) is 5.92 Å². The molecule has 0 spiro atoms. The number of fused-ring (bicyclic) bond motifs is 4. The summed E-state index contributed by atoms with van der Waals surface area (Å²) in [6.07, 6.45) is 13.5. The fraction of sp³-hybridized carbons (Fsp3) is 0.625. The minimum absolute atomic E-state index is 0.592. The molecular weight excluding hydrogens is 220 g/mol. The van der Waals surface area contributed by atoms with E-state index in [1.165, 1.54) is 45.2 Å². The van der Waals surface area contributed by atoms with Crippen LogP contribution >= 0.6 is 0 Å². The molecule has 2 heteroatoms. The van der Waals surface area contributed by atoms with Crippen LogP contribution in [0.25, 0.3) is 0 Å². The topological polar surface area (TPSA) is 24.1 Å². The van der Waals surface area contributed by atoms with Crippen molar-refractivity contribution in [1.29, 1.82) is 0 Å². The van der Waals surface area contributed by atoms with Crippen LogP contribution < -0.4 is 10.6 Å². The average Bonchev–Trinajstić information content (AvgIpc) is 2.46. The third-order valence-electron chi connectivity index (χ3n) is 5.07. The van der Waals surface area contributed by atoms with Crippen LogP contribution in [0.15, 0.2) is 34.9 Å². The number of allylic oxidation sites excluding steroid dienone is 2. The summed E-state index contributed by atoms with van der Waals surface area (Å²) in [6.45, 7) is 2.41. The first kappa shape index (κ1) is 11.0. The molecule has 2 nitrogen and oxygen atoms in total. The third kappa shape index (κ3) is 1.63. The molecule has 0 aromatic carbocycles. The Morgan fingerprint density at radius 2 is 2.11 bits per heavy atom. The summed E-state index contributed by atoms with van der Waals surface area (Å²) in [5, 5.41) is 7.47. The van der Waals surface area contributed by atoms with E-state index in [1.54, 1.807) is 16.7 Å². The van der Waals surface area contributed by atoms with E-state index in [1.807, 2.05) is 0 Å². The fourth-order valence-corrected chi connectivity index (χ4v) is 4.24. The highest BCUT2D eigenvalue weighted by Gasteiger charge is 2.37. The van der Waals surface area contributed by atoms with Crippen molar-refractivity contribution < 1.29 is 0 Å². The van der Waals surface area contributed by atoms with Gasteiger partial charge in [-0.1, -0.05) is 18.2 Å². The normalized spacial score (nSPS) is 38.7. The monoisotopic (exact) mass is 242 g/mol. The van der Waals surface area contributed by atoms with E-state index in [0.29, 0.717) is 12.1 Å². The van der Waals surface area contributed by atoms with Gasteiger partial charge >= 0.3 is 0 Å². The number of rotatable bonds is 0. The van der Waals surface area contributed by atoms with Gasteiger partial charge in [0.1, 0.15) is 0 Å². The second-order valence-corrected chi connectivity index (χ2v) is 6.07. The molecule has 4 rings (SSSR count). The molecule has 2 aliphatic carbocycles. The molecule has 4 aliphatic rings. The van der Waals surface area contributed by atoms with Gasteiger partial charge in [0.05, 0.1) is 0 Å². The molecule has 0 saturated carbocycles. The van der Waals surface area contributed by atoms with Crippen LogP contribution in [-0.2, 0) is 0 Å². The summed E-state index contributed by atoms with van der Waals surface area (Å²) < 4.78 is 0. The van der Waals surface area contributed by atoms with E-state index < -0.39 is 0 Å². The van der Waals surface area contributed by atoms with Crippen LogP contribution in [-0.4, -0.2) is 25.2 Å². The van der Waals surface area contributed by atoms with Gasteiger partial charge in [0.2, 0.25) is 0 Å². The third-order valence-corrected chi connectivity index (χ3v) is 5.07. The molecule has 2 fully saturated rings. The van der Waals surface area contributed by atoms with Crippen molar-refractivity contribution in [2.24, 2.45) is 5.92 Å². The molecule has 0 bridgehead atoms. The maximum atomic E-state index is 3.74. The highest BCUT2D eigenvalue weighted by atomic mass is 15.0. The van der Waals surface area contributed by atoms with Crippen molar-refractivity contribution in [2.75, 3.05) is 13.1 Å². The van der Waals surface area contributed by atoms with Crippen molar-refractivity contribution in [3.8, 4) is 0 Å². The van der Waals surface area contributed by atoms with Crippen LogP contribution in [0.3, 0.4) is 0 Å². The Balaban J connectivity index is 1.80. The average molecular weight is 242 g/mol. The van der Waals surface area contributed by atoms with Crippen LogP contribution in [0.2, 0.25) is 0 Å². The molecule has 96 valence electrons. The second-order valence-electron chi connectivity index (χ2n) is 6.07. The summed E-state index contributed by atoms with van der Waals surface area (Å²) in [6, 6.07) is 1.28. The van der Waals surface area contributed by atoms with Crippen molar-refractivity contribution >= 4 is 0 Å². The maximum absolute atomic E-state index is 3.74. The van der Waals surface area contributed by atoms with Gasteiger partial charge in [0.15, 0.2) is 0 Å². The van der Waals surface area contributed by atoms with Gasteiger partial charge in [0.25, 0.3) is 0 Å². The van der Waals surface area contributed by atoms with Crippen LogP contribution in [0.4, 0.5) is 0 Å². The molecule has 0 aromatic heterocycles. The molecule has 0 aromatic rings. The molecule has 0 radical (unpaired) electrons. The summed E-state index contributed by atoms with van der Waals surface area (Å²) in [5.41, 5.74) is 5.11. The zero-order valence-electron chi connectivity index (χ0n) is 10.9. The Morgan fingerprint density at radius 3 is 3.11 bits per heavy atom. The number of piperidine rings is 2. The first-order valence-electron chi connectivity index (χ1n) is 7.50. The smallest absolute Gasteiger partial charge is 0.0358 e. The van der Waals surface area contributed by atoms with Gasteiger partial charge in [-0.05, 0) is 61.3 Å². The zero-order chi connectivity index (χ0) is 11.9. The Hall–Kier alpha value is -0.860. The van der Waals surface area contributed by atoms with E-state index >= 15 is 0 Å². The maximum Gasteiger partial charge on any atom is 0.0358 e. The van der Waals surface area contributed by atoms with Gasteiger partial charge < -0.3 is 10.6 Å². The molecule has 2 saturated heterocycles. The highest BCUT2D eigenvalue weighted by molar-refractivity contribution is 5.49. The Bertz CT molecular complexity index is 444. The van der Waals surface area contributed by atoms with Crippen molar-refractivity contribution in [3.63, 3.8) is 0 Å². The van der Waals surface area contributed by atoms with Crippen molar-refractivity contribution in [3.05, 3.63) is 34.9 Å². The molecule has 0 amide bonds. The van der Waals surface area contributed by atoms with Crippen LogP contribution in [0.1, 0.15) is 32.1 Å². The number of nitrogens with one attached hydrogen (secondary N) is 2. The Labute approximate surface area is 109 Å². The number of hydrogen-bond acceptors (Lipinski definition) is 2. The summed E-state index contributed by atoms with van der Waals surface area (Å²) in [7, 11) is 0. The molecular formula is C16H22N2. The van der Waals surface area contributed by atoms with E-state index in [-0.39, 0.29) is 0 Å². The van der Waals surface area contributed by atoms with Gasteiger partial charge in [0, 0.05) is 18.6 Å². The molecule has 3 unspecified atom stereocenters. The van der Waals surface area contributed by atoms with E-state index in [0.717, 1.165) is 5.92 Å². The van der Waals surface area contributed by atoms with E-state index in [9.17, 15) is 0 Å². The molecule has 3 atom stereocenters. The lowest BCUT2D eigenvalue weighted by Crippen LogP contribution is -2.48.